The zero-order chi connectivity index (χ0) is 11.7. The first kappa shape index (κ1) is 9.85. The first-order chi connectivity index (χ1) is 8.40. The summed E-state index contributed by atoms with van der Waals surface area (Å²) in [6.45, 7) is 0. The number of nitrogens with zero attached hydrogens (tertiary/aromatic N) is 1. The predicted octanol–water partition coefficient (Wildman–Crippen LogP) is 3.21. The molecular formula is C15H10NO. The molecule has 1 aliphatic rings. The van der Waals surface area contributed by atoms with Crippen LogP contribution in [0.4, 0.5) is 5.69 Å². The molecule has 1 heterocycles. The van der Waals surface area contributed by atoms with Gasteiger partial charge in [-0.15, -0.1) is 0 Å². The van der Waals surface area contributed by atoms with Crippen molar-refractivity contribution in [2.75, 3.05) is 4.90 Å². The molecule has 2 aromatic carbocycles. The Balaban J connectivity index is 2.33. The van der Waals surface area contributed by atoms with Crippen molar-refractivity contribution in [3.63, 3.8) is 0 Å². The molecule has 0 fully saturated rings. The second kappa shape index (κ2) is 3.91. The minimum Gasteiger partial charge on any atom is -0.279 e. The summed E-state index contributed by atoms with van der Waals surface area (Å²) in [5.41, 5.74) is 4.16. The van der Waals surface area contributed by atoms with Gasteiger partial charge in [0.05, 0.1) is 5.69 Å². The van der Waals surface area contributed by atoms with Crippen molar-refractivity contribution < 1.29 is 4.79 Å². The maximum atomic E-state index is 11.0. The number of fused-ring (bicyclic) bond motifs is 3. The van der Waals surface area contributed by atoms with Gasteiger partial charge in [-0.3, -0.25) is 9.69 Å². The van der Waals surface area contributed by atoms with Gasteiger partial charge in [0, 0.05) is 11.8 Å². The minimum absolute atomic E-state index is 0.865. The summed E-state index contributed by atoms with van der Waals surface area (Å²) in [5, 5.41) is 0. The largest absolute Gasteiger partial charge is 0.321 e. The third-order valence-electron chi connectivity index (χ3n) is 2.92. The number of hydrogen-bond acceptors (Lipinski definition) is 1. The number of amides is 1. The van der Waals surface area contributed by atoms with Gasteiger partial charge in [-0.1, -0.05) is 42.5 Å². The fourth-order valence-corrected chi connectivity index (χ4v) is 2.11. The average Bonchev–Trinajstić information content (AvgIpc) is 2.56. The van der Waals surface area contributed by atoms with Gasteiger partial charge in [-0.25, -0.2) is 0 Å². The number of para-hydroxylation sites is 1. The molecule has 0 aliphatic carbocycles. The number of anilines is 1. The zero-order valence-electron chi connectivity index (χ0n) is 9.13. The van der Waals surface area contributed by atoms with E-state index >= 15 is 0 Å². The van der Waals surface area contributed by atoms with Crippen LogP contribution in [0.15, 0.2) is 54.7 Å². The van der Waals surface area contributed by atoms with E-state index < -0.39 is 0 Å². The molecule has 0 spiro atoms. The second-order valence-electron chi connectivity index (χ2n) is 3.88. The molecule has 2 heteroatoms. The van der Waals surface area contributed by atoms with E-state index in [4.69, 9.17) is 0 Å². The smallest absolute Gasteiger partial charge is 0.279 e. The lowest BCUT2D eigenvalue weighted by Crippen LogP contribution is -2.12. The highest BCUT2D eigenvalue weighted by molar-refractivity contribution is 5.94. The van der Waals surface area contributed by atoms with Crippen LogP contribution in [0.3, 0.4) is 0 Å². The summed E-state index contributed by atoms with van der Waals surface area (Å²) in [5.74, 6) is 0. The molecule has 0 unspecified atom stereocenters. The van der Waals surface area contributed by atoms with Crippen LogP contribution in [-0.4, -0.2) is 6.41 Å². The molecule has 1 radical (unpaired) electrons. The molecule has 1 aliphatic heterocycles. The minimum atomic E-state index is 0.865. The molecule has 2 nitrogen and oxygen atoms in total. The van der Waals surface area contributed by atoms with Crippen molar-refractivity contribution in [3.8, 4) is 11.1 Å². The Morgan fingerprint density at radius 3 is 2.41 bits per heavy atom. The summed E-state index contributed by atoms with van der Waals surface area (Å²) in [7, 11) is 0. The summed E-state index contributed by atoms with van der Waals surface area (Å²) in [6, 6.07) is 15.9. The van der Waals surface area contributed by atoms with Gasteiger partial charge in [0.25, 0.3) is 0 Å². The first-order valence-corrected chi connectivity index (χ1v) is 5.44. The molecular weight excluding hydrogens is 210 g/mol. The number of rotatable bonds is 1. The molecule has 0 N–H and O–H groups in total. The van der Waals surface area contributed by atoms with E-state index in [9.17, 15) is 4.79 Å². The van der Waals surface area contributed by atoms with E-state index in [-0.39, 0.29) is 0 Å². The van der Waals surface area contributed by atoms with Gasteiger partial charge in [0.15, 0.2) is 0 Å². The second-order valence-corrected chi connectivity index (χ2v) is 3.88. The van der Waals surface area contributed by atoms with E-state index in [1.807, 2.05) is 55.0 Å². The zero-order valence-corrected chi connectivity index (χ0v) is 9.13. The predicted molar refractivity (Wildman–Crippen MR) is 69.1 cm³/mol. The van der Waals surface area contributed by atoms with Gasteiger partial charge in [0.2, 0.25) is 0 Å². The van der Waals surface area contributed by atoms with Crippen molar-refractivity contribution >= 4 is 18.2 Å². The number of benzene rings is 2. The SMILES string of the molecule is O=[C]N1C=Cc2ccccc2-c2ccccc21. The van der Waals surface area contributed by atoms with Crippen LogP contribution < -0.4 is 4.90 Å². The Morgan fingerprint density at radius 1 is 0.882 bits per heavy atom. The van der Waals surface area contributed by atoms with E-state index in [0.717, 1.165) is 22.4 Å². The van der Waals surface area contributed by atoms with Crippen molar-refractivity contribution in [1.29, 1.82) is 0 Å². The fourth-order valence-electron chi connectivity index (χ4n) is 2.11. The van der Waals surface area contributed by atoms with Crippen molar-refractivity contribution in [3.05, 3.63) is 60.3 Å². The molecule has 2 aromatic rings. The van der Waals surface area contributed by atoms with Crippen molar-refractivity contribution in [1.82, 2.24) is 0 Å². The molecule has 0 saturated carbocycles. The standard InChI is InChI=1S/C15H10NO/c17-11-16-10-9-12-5-1-2-6-13(12)14-7-3-4-8-15(14)16/h1-10H. The Kier molecular flexibility index (Phi) is 2.26. The van der Waals surface area contributed by atoms with Gasteiger partial charge in [0.1, 0.15) is 0 Å². The van der Waals surface area contributed by atoms with Crippen LogP contribution in [0.25, 0.3) is 17.2 Å². The normalized spacial score (nSPS) is 12.6. The van der Waals surface area contributed by atoms with Gasteiger partial charge < -0.3 is 0 Å². The summed E-state index contributed by atoms with van der Waals surface area (Å²) in [4.78, 5) is 12.5. The molecule has 17 heavy (non-hydrogen) atoms. The van der Waals surface area contributed by atoms with Crippen LogP contribution in [0.2, 0.25) is 0 Å². The van der Waals surface area contributed by atoms with Gasteiger partial charge in [-0.05, 0) is 23.3 Å². The lowest BCUT2D eigenvalue weighted by Gasteiger charge is -2.14. The topological polar surface area (TPSA) is 20.3 Å². The van der Waals surface area contributed by atoms with Gasteiger partial charge >= 0.3 is 6.41 Å². The van der Waals surface area contributed by atoms with Crippen LogP contribution in [-0.2, 0) is 4.79 Å². The van der Waals surface area contributed by atoms with E-state index in [1.54, 1.807) is 6.20 Å². The van der Waals surface area contributed by atoms with Crippen LogP contribution in [0, 0.1) is 0 Å². The number of hydrogen-bond donors (Lipinski definition) is 0. The lowest BCUT2D eigenvalue weighted by atomic mass is 9.99. The first-order valence-electron chi connectivity index (χ1n) is 5.44. The highest BCUT2D eigenvalue weighted by Crippen LogP contribution is 2.35. The number of carbonyl (C=O) groups excluding carboxylic acids is 1. The Labute approximate surface area is 99.8 Å². The van der Waals surface area contributed by atoms with Crippen LogP contribution >= 0.6 is 0 Å². The van der Waals surface area contributed by atoms with E-state index in [2.05, 4.69) is 6.07 Å². The Morgan fingerprint density at radius 2 is 1.59 bits per heavy atom. The van der Waals surface area contributed by atoms with Crippen LogP contribution in [0.1, 0.15) is 5.56 Å². The Hall–Kier alpha value is -2.35. The van der Waals surface area contributed by atoms with E-state index in [1.165, 1.54) is 4.90 Å². The Bertz CT molecular complexity index is 601. The quantitative estimate of drug-likeness (QED) is 0.722. The van der Waals surface area contributed by atoms with E-state index in [0.29, 0.717) is 0 Å². The molecule has 0 aromatic heterocycles. The fraction of sp³-hybridized carbons (Fsp3) is 0. The molecule has 3 rings (SSSR count). The summed E-state index contributed by atoms with van der Waals surface area (Å²) >= 11 is 0. The third-order valence-corrected chi connectivity index (χ3v) is 2.92. The average molecular weight is 220 g/mol. The van der Waals surface area contributed by atoms with Crippen LogP contribution in [0.5, 0.6) is 0 Å². The monoisotopic (exact) mass is 220 g/mol. The van der Waals surface area contributed by atoms with Crippen molar-refractivity contribution in [2.24, 2.45) is 0 Å². The summed E-state index contributed by atoms with van der Waals surface area (Å²) in [6.07, 6.45) is 5.61. The van der Waals surface area contributed by atoms with Crippen molar-refractivity contribution in [2.45, 2.75) is 0 Å². The molecule has 1 amide bonds. The highest BCUT2D eigenvalue weighted by atomic mass is 16.1. The lowest BCUT2D eigenvalue weighted by molar-refractivity contribution is 0.556. The molecule has 0 atom stereocenters. The molecule has 0 bridgehead atoms. The third kappa shape index (κ3) is 1.54. The maximum absolute atomic E-state index is 11.0. The summed E-state index contributed by atoms with van der Waals surface area (Å²) < 4.78 is 0. The maximum Gasteiger partial charge on any atom is 0.321 e. The van der Waals surface area contributed by atoms with Gasteiger partial charge in [-0.2, -0.15) is 0 Å². The molecule has 0 saturated heterocycles. The highest BCUT2D eigenvalue weighted by Gasteiger charge is 2.15. The molecule has 81 valence electrons.